The van der Waals surface area contributed by atoms with Crippen molar-refractivity contribution in [2.75, 3.05) is 12.4 Å². The van der Waals surface area contributed by atoms with Gasteiger partial charge in [0.2, 0.25) is 10.0 Å². The number of piperidine rings is 1. The van der Waals surface area contributed by atoms with Crippen LogP contribution in [0.4, 0.5) is 0 Å². The van der Waals surface area contributed by atoms with Crippen molar-refractivity contribution < 1.29 is 8.42 Å². The summed E-state index contributed by atoms with van der Waals surface area (Å²) in [7, 11) is -3.37. The summed E-state index contributed by atoms with van der Waals surface area (Å²) in [4.78, 5) is 0.358. The molecule has 2 rings (SSSR count). The van der Waals surface area contributed by atoms with Crippen LogP contribution < -0.4 is 0 Å². The molecule has 1 aliphatic heterocycles. The molecule has 17 heavy (non-hydrogen) atoms. The molecule has 1 heterocycles. The van der Waals surface area contributed by atoms with Gasteiger partial charge in [0.05, 0.1) is 4.90 Å². The van der Waals surface area contributed by atoms with Gasteiger partial charge in [0.15, 0.2) is 0 Å². The van der Waals surface area contributed by atoms with Crippen molar-refractivity contribution in [1.82, 2.24) is 4.31 Å². The summed E-state index contributed by atoms with van der Waals surface area (Å²) in [6, 6.07) is 8.51. The maximum absolute atomic E-state index is 12.4. The van der Waals surface area contributed by atoms with Gasteiger partial charge in [-0.05, 0) is 25.0 Å². The van der Waals surface area contributed by atoms with Gasteiger partial charge in [-0.25, -0.2) is 8.42 Å². The molecule has 0 spiro atoms. The Morgan fingerprint density at radius 1 is 1.24 bits per heavy atom. The summed E-state index contributed by atoms with van der Waals surface area (Å²) >= 11 is 5.86. The fourth-order valence-corrected chi connectivity index (χ4v) is 4.29. The van der Waals surface area contributed by atoms with E-state index in [0.29, 0.717) is 17.3 Å². The number of benzene rings is 1. The zero-order chi connectivity index (χ0) is 12.3. The Morgan fingerprint density at radius 2 is 1.94 bits per heavy atom. The fourth-order valence-electron chi connectivity index (χ4n) is 2.17. The van der Waals surface area contributed by atoms with E-state index >= 15 is 0 Å². The number of sulfonamides is 1. The molecule has 0 N–H and O–H groups in total. The molecule has 1 aromatic rings. The van der Waals surface area contributed by atoms with E-state index in [2.05, 4.69) is 0 Å². The predicted molar refractivity (Wildman–Crippen MR) is 68.7 cm³/mol. The minimum atomic E-state index is -3.37. The average molecular weight is 274 g/mol. The molecule has 94 valence electrons. The third-order valence-electron chi connectivity index (χ3n) is 3.10. The first-order valence-electron chi connectivity index (χ1n) is 5.79. The minimum absolute atomic E-state index is 0.0596. The standard InChI is InChI=1S/C12H16ClNO2S/c13-10-11-6-4-5-9-14(11)17(15,16)12-7-2-1-3-8-12/h1-3,7-8,11H,4-6,9-10H2. The molecule has 0 amide bonds. The summed E-state index contributed by atoms with van der Waals surface area (Å²) in [5.41, 5.74) is 0. The smallest absolute Gasteiger partial charge is 0.207 e. The molecular formula is C12H16ClNO2S. The number of hydrogen-bond donors (Lipinski definition) is 0. The molecule has 1 saturated heterocycles. The highest BCUT2D eigenvalue weighted by molar-refractivity contribution is 7.89. The van der Waals surface area contributed by atoms with Gasteiger partial charge in [0.1, 0.15) is 0 Å². The molecule has 1 atom stereocenters. The van der Waals surface area contributed by atoms with Gasteiger partial charge >= 0.3 is 0 Å². The van der Waals surface area contributed by atoms with Crippen molar-refractivity contribution in [3.05, 3.63) is 30.3 Å². The van der Waals surface area contributed by atoms with E-state index in [4.69, 9.17) is 11.6 Å². The Morgan fingerprint density at radius 3 is 2.59 bits per heavy atom. The number of alkyl halides is 1. The lowest BCUT2D eigenvalue weighted by Crippen LogP contribution is -2.44. The third-order valence-corrected chi connectivity index (χ3v) is 5.42. The molecule has 1 aromatic carbocycles. The van der Waals surface area contributed by atoms with Crippen LogP contribution in [0.1, 0.15) is 19.3 Å². The highest BCUT2D eigenvalue weighted by Gasteiger charge is 2.32. The first-order valence-corrected chi connectivity index (χ1v) is 7.76. The van der Waals surface area contributed by atoms with E-state index in [1.165, 1.54) is 0 Å². The fraction of sp³-hybridized carbons (Fsp3) is 0.500. The molecule has 3 nitrogen and oxygen atoms in total. The summed E-state index contributed by atoms with van der Waals surface area (Å²) in [6.45, 7) is 0.578. The molecule has 1 unspecified atom stereocenters. The van der Waals surface area contributed by atoms with E-state index in [-0.39, 0.29) is 6.04 Å². The monoisotopic (exact) mass is 273 g/mol. The van der Waals surface area contributed by atoms with Crippen LogP contribution in [0, 0.1) is 0 Å². The van der Waals surface area contributed by atoms with Crippen molar-refractivity contribution in [3.8, 4) is 0 Å². The zero-order valence-electron chi connectivity index (χ0n) is 9.55. The Kier molecular flexibility index (Phi) is 4.07. The molecule has 1 fully saturated rings. The topological polar surface area (TPSA) is 37.4 Å². The SMILES string of the molecule is O=S(=O)(c1ccccc1)N1CCCCC1CCl. The van der Waals surface area contributed by atoms with Gasteiger partial charge in [0, 0.05) is 18.5 Å². The van der Waals surface area contributed by atoms with Gasteiger partial charge in [-0.1, -0.05) is 24.6 Å². The van der Waals surface area contributed by atoms with Gasteiger partial charge in [0.25, 0.3) is 0 Å². The van der Waals surface area contributed by atoms with Crippen molar-refractivity contribution >= 4 is 21.6 Å². The van der Waals surface area contributed by atoms with Crippen molar-refractivity contribution in [2.24, 2.45) is 0 Å². The molecule has 5 heteroatoms. The molecular weight excluding hydrogens is 258 g/mol. The number of hydrogen-bond acceptors (Lipinski definition) is 2. The second-order valence-corrected chi connectivity index (χ2v) is 6.43. The number of halogens is 1. The number of rotatable bonds is 3. The Balaban J connectivity index is 2.31. The lowest BCUT2D eigenvalue weighted by Gasteiger charge is -2.33. The summed E-state index contributed by atoms with van der Waals surface area (Å²) in [6.07, 6.45) is 2.83. The molecule has 0 aromatic heterocycles. The van der Waals surface area contributed by atoms with Crippen molar-refractivity contribution in [2.45, 2.75) is 30.2 Å². The molecule has 1 aliphatic rings. The van der Waals surface area contributed by atoms with Crippen LogP contribution >= 0.6 is 11.6 Å². The normalized spacial score (nSPS) is 22.5. The summed E-state index contributed by atoms with van der Waals surface area (Å²) in [5, 5.41) is 0. The average Bonchev–Trinajstić information content (AvgIpc) is 2.39. The first kappa shape index (κ1) is 12.9. The highest BCUT2D eigenvalue weighted by Crippen LogP contribution is 2.25. The largest absolute Gasteiger partial charge is 0.243 e. The van der Waals surface area contributed by atoms with Gasteiger partial charge < -0.3 is 0 Å². The van der Waals surface area contributed by atoms with Crippen molar-refractivity contribution in [3.63, 3.8) is 0 Å². The van der Waals surface area contributed by atoms with Crippen molar-refractivity contribution in [1.29, 1.82) is 0 Å². The molecule has 0 radical (unpaired) electrons. The maximum atomic E-state index is 12.4. The van der Waals surface area contributed by atoms with Crippen LogP contribution in [0.3, 0.4) is 0 Å². The molecule has 0 bridgehead atoms. The van der Waals surface area contributed by atoms with E-state index in [9.17, 15) is 8.42 Å². The van der Waals surface area contributed by atoms with Gasteiger partial charge in [-0.2, -0.15) is 4.31 Å². The van der Waals surface area contributed by atoms with E-state index in [0.717, 1.165) is 19.3 Å². The van der Waals surface area contributed by atoms with E-state index < -0.39 is 10.0 Å². The van der Waals surface area contributed by atoms with E-state index in [1.54, 1.807) is 28.6 Å². The van der Waals surface area contributed by atoms with Gasteiger partial charge in [-0.15, -0.1) is 11.6 Å². The second kappa shape index (κ2) is 5.38. The highest BCUT2D eigenvalue weighted by atomic mass is 35.5. The van der Waals surface area contributed by atoms with Crippen LogP contribution in [0.5, 0.6) is 0 Å². The first-order chi connectivity index (χ1) is 8.16. The Bertz CT molecular complexity index is 461. The lowest BCUT2D eigenvalue weighted by molar-refractivity contribution is 0.271. The zero-order valence-corrected chi connectivity index (χ0v) is 11.1. The quantitative estimate of drug-likeness (QED) is 0.794. The predicted octanol–water partition coefficient (Wildman–Crippen LogP) is 2.47. The summed E-state index contributed by atoms with van der Waals surface area (Å²) < 4.78 is 26.4. The van der Waals surface area contributed by atoms with Crippen LogP contribution in [-0.4, -0.2) is 31.2 Å². The maximum Gasteiger partial charge on any atom is 0.243 e. The Hall–Kier alpha value is -0.580. The second-order valence-electron chi connectivity index (χ2n) is 4.23. The third kappa shape index (κ3) is 2.64. The lowest BCUT2D eigenvalue weighted by atomic mass is 10.1. The van der Waals surface area contributed by atoms with Crippen LogP contribution in [-0.2, 0) is 10.0 Å². The number of nitrogens with zero attached hydrogens (tertiary/aromatic N) is 1. The van der Waals surface area contributed by atoms with E-state index in [1.807, 2.05) is 6.07 Å². The molecule has 0 saturated carbocycles. The summed E-state index contributed by atoms with van der Waals surface area (Å²) in [5.74, 6) is 0.367. The van der Waals surface area contributed by atoms with Crippen LogP contribution in [0.15, 0.2) is 35.2 Å². The minimum Gasteiger partial charge on any atom is -0.207 e. The molecule has 0 aliphatic carbocycles. The van der Waals surface area contributed by atoms with Crippen LogP contribution in [0.25, 0.3) is 0 Å². The van der Waals surface area contributed by atoms with Gasteiger partial charge in [-0.3, -0.25) is 0 Å². The van der Waals surface area contributed by atoms with Crippen LogP contribution in [0.2, 0.25) is 0 Å². The Labute approximate surface area is 107 Å².